The van der Waals surface area contributed by atoms with E-state index in [-0.39, 0.29) is 5.82 Å². The van der Waals surface area contributed by atoms with Gasteiger partial charge in [-0.25, -0.2) is 4.98 Å². The van der Waals surface area contributed by atoms with Gasteiger partial charge in [0.25, 0.3) is 5.91 Å². The minimum atomic E-state index is -4.45. The number of hydrogen-bond acceptors (Lipinski definition) is 2. The molecular weight excluding hydrogens is 295 g/mol. The molecule has 3 rings (SSSR count). The largest absolute Gasteiger partial charge is 0.417 e. The monoisotopic (exact) mass is 305 g/mol. The van der Waals surface area contributed by atoms with E-state index in [1.807, 2.05) is 6.07 Å². The molecule has 112 valence electrons. The molecule has 22 heavy (non-hydrogen) atoms. The summed E-state index contributed by atoms with van der Waals surface area (Å²) in [5, 5.41) is 3.42. The van der Waals surface area contributed by atoms with Gasteiger partial charge >= 0.3 is 6.18 Å². The predicted molar refractivity (Wildman–Crippen MR) is 75.5 cm³/mol. The number of pyridine rings is 1. The Kier molecular flexibility index (Phi) is 3.32. The van der Waals surface area contributed by atoms with Crippen LogP contribution in [0.25, 0.3) is 10.9 Å². The van der Waals surface area contributed by atoms with Crippen molar-refractivity contribution in [2.75, 3.05) is 5.32 Å². The molecule has 0 spiro atoms. The topological polar surface area (TPSA) is 57.8 Å². The minimum absolute atomic E-state index is 0.0598. The van der Waals surface area contributed by atoms with Gasteiger partial charge in [0.2, 0.25) is 0 Å². The van der Waals surface area contributed by atoms with Gasteiger partial charge in [-0.2, -0.15) is 13.2 Å². The maximum absolute atomic E-state index is 12.4. The third-order valence-corrected chi connectivity index (χ3v) is 3.15. The molecule has 4 nitrogen and oxygen atoms in total. The van der Waals surface area contributed by atoms with Gasteiger partial charge in [-0.05, 0) is 35.7 Å². The maximum Gasteiger partial charge on any atom is 0.417 e. The van der Waals surface area contributed by atoms with Crippen LogP contribution in [0.15, 0.2) is 48.8 Å². The average Bonchev–Trinajstić information content (AvgIpc) is 2.94. The number of H-pyrrole nitrogens is 1. The van der Waals surface area contributed by atoms with Crippen LogP contribution >= 0.6 is 0 Å². The third kappa shape index (κ3) is 2.78. The second-order valence-corrected chi connectivity index (χ2v) is 4.66. The number of fused-ring (bicyclic) bond motifs is 1. The number of amides is 1. The first-order valence-electron chi connectivity index (χ1n) is 6.35. The fourth-order valence-electron chi connectivity index (χ4n) is 2.01. The third-order valence-electron chi connectivity index (χ3n) is 3.15. The summed E-state index contributed by atoms with van der Waals surface area (Å²) in [7, 11) is 0. The number of benzene rings is 1. The molecule has 0 aliphatic rings. The van der Waals surface area contributed by atoms with Crippen LogP contribution in [0.2, 0.25) is 0 Å². The van der Waals surface area contributed by atoms with Crippen molar-refractivity contribution in [3.8, 4) is 0 Å². The summed E-state index contributed by atoms with van der Waals surface area (Å²) in [6, 6.07) is 8.93. The molecule has 0 atom stereocenters. The van der Waals surface area contributed by atoms with Gasteiger partial charge in [-0.1, -0.05) is 6.07 Å². The van der Waals surface area contributed by atoms with Crippen molar-refractivity contribution in [1.82, 2.24) is 9.97 Å². The second kappa shape index (κ2) is 5.18. The number of rotatable bonds is 2. The number of hydrogen-bond donors (Lipinski definition) is 2. The summed E-state index contributed by atoms with van der Waals surface area (Å²) in [5.41, 5.74) is 0.322. The van der Waals surface area contributed by atoms with E-state index in [1.54, 1.807) is 24.4 Å². The zero-order chi connectivity index (χ0) is 15.7. The van der Waals surface area contributed by atoms with Gasteiger partial charge in [-0.3, -0.25) is 4.79 Å². The Morgan fingerprint density at radius 1 is 1.14 bits per heavy atom. The lowest BCUT2D eigenvalue weighted by molar-refractivity contribution is -0.137. The fraction of sp³-hybridized carbons (Fsp3) is 0.0667. The fourth-order valence-corrected chi connectivity index (χ4v) is 2.01. The Balaban J connectivity index is 1.78. The van der Waals surface area contributed by atoms with Gasteiger partial charge < -0.3 is 10.3 Å². The van der Waals surface area contributed by atoms with Crippen LogP contribution in [0.3, 0.4) is 0 Å². The highest BCUT2D eigenvalue weighted by atomic mass is 19.4. The number of aromatic amines is 1. The van der Waals surface area contributed by atoms with E-state index in [0.29, 0.717) is 11.8 Å². The molecule has 3 aromatic rings. The van der Waals surface area contributed by atoms with Gasteiger partial charge in [0.15, 0.2) is 0 Å². The van der Waals surface area contributed by atoms with E-state index in [1.165, 1.54) is 0 Å². The van der Waals surface area contributed by atoms with Crippen molar-refractivity contribution in [3.05, 3.63) is 59.9 Å². The van der Waals surface area contributed by atoms with E-state index >= 15 is 0 Å². The normalized spacial score (nSPS) is 11.6. The van der Waals surface area contributed by atoms with Crippen LogP contribution in [0, 0.1) is 0 Å². The summed E-state index contributed by atoms with van der Waals surface area (Å²) in [5.74, 6) is -0.381. The summed E-state index contributed by atoms with van der Waals surface area (Å²) in [6.45, 7) is 0. The first-order valence-corrected chi connectivity index (χ1v) is 6.35. The number of aromatic nitrogens is 2. The van der Waals surface area contributed by atoms with Gasteiger partial charge in [0, 0.05) is 23.5 Å². The first kappa shape index (κ1) is 14.1. The lowest BCUT2D eigenvalue weighted by Gasteiger charge is -2.08. The van der Waals surface area contributed by atoms with Crippen LogP contribution in [-0.4, -0.2) is 15.9 Å². The molecule has 0 fully saturated rings. The highest BCUT2D eigenvalue weighted by Gasteiger charge is 2.30. The van der Waals surface area contributed by atoms with Crippen molar-refractivity contribution in [3.63, 3.8) is 0 Å². The van der Waals surface area contributed by atoms with Gasteiger partial charge in [0.1, 0.15) is 5.82 Å². The smallest absolute Gasteiger partial charge is 0.361 e. The number of alkyl halides is 3. The summed E-state index contributed by atoms with van der Waals surface area (Å²) in [4.78, 5) is 18.7. The Bertz CT molecular complexity index is 822. The number of carbonyl (C=O) groups is 1. The van der Waals surface area contributed by atoms with Crippen LogP contribution < -0.4 is 5.32 Å². The van der Waals surface area contributed by atoms with Crippen molar-refractivity contribution in [2.24, 2.45) is 0 Å². The molecule has 0 aliphatic carbocycles. The maximum atomic E-state index is 12.4. The van der Waals surface area contributed by atoms with Crippen molar-refractivity contribution < 1.29 is 18.0 Å². The van der Waals surface area contributed by atoms with E-state index < -0.39 is 17.6 Å². The summed E-state index contributed by atoms with van der Waals surface area (Å²) < 4.78 is 37.3. The van der Waals surface area contributed by atoms with Crippen LogP contribution in [0.1, 0.15) is 15.9 Å². The predicted octanol–water partition coefficient (Wildman–Crippen LogP) is 3.83. The van der Waals surface area contributed by atoms with Crippen molar-refractivity contribution >= 4 is 22.6 Å². The SMILES string of the molecule is O=C(Nc1ccc(C(F)(F)F)cn1)c1ccc2cc[nH]c2c1. The molecule has 0 aliphatic heterocycles. The van der Waals surface area contributed by atoms with E-state index in [9.17, 15) is 18.0 Å². The number of nitrogens with zero attached hydrogens (tertiary/aromatic N) is 1. The molecule has 0 saturated carbocycles. The highest BCUT2D eigenvalue weighted by Crippen LogP contribution is 2.28. The molecule has 0 bridgehead atoms. The van der Waals surface area contributed by atoms with Crippen LogP contribution in [0.4, 0.5) is 19.0 Å². The first-order chi connectivity index (χ1) is 10.4. The number of carbonyl (C=O) groups excluding carboxylic acids is 1. The molecule has 1 aromatic carbocycles. The molecule has 0 radical (unpaired) electrons. The van der Waals surface area contributed by atoms with Crippen LogP contribution in [-0.2, 0) is 6.18 Å². The lowest BCUT2D eigenvalue weighted by atomic mass is 10.1. The molecule has 0 unspecified atom stereocenters. The van der Waals surface area contributed by atoms with E-state index in [4.69, 9.17) is 0 Å². The number of halogens is 3. The molecule has 2 heterocycles. The highest BCUT2D eigenvalue weighted by molar-refractivity contribution is 6.05. The number of nitrogens with one attached hydrogen (secondary N) is 2. The molecule has 2 N–H and O–H groups in total. The average molecular weight is 305 g/mol. The van der Waals surface area contributed by atoms with Gasteiger partial charge in [0.05, 0.1) is 5.56 Å². The molecule has 0 saturated heterocycles. The summed E-state index contributed by atoms with van der Waals surface area (Å²) in [6.07, 6.45) is -2.01. The molecular formula is C15H10F3N3O. The zero-order valence-electron chi connectivity index (χ0n) is 11.1. The second-order valence-electron chi connectivity index (χ2n) is 4.66. The lowest BCUT2D eigenvalue weighted by Crippen LogP contribution is -2.13. The quantitative estimate of drug-likeness (QED) is 0.756. The van der Waals surface area contributed by atoms with E-state index in [0.717, 1.165) is 23.0 Å². The Hall–Kier alpha value is -2.83. The Morgan fingerprint density at radius 2 is 1.95 bits per heavy atom. The number of anilines is 1. The molecule has 1 amide bonds. The Labute approximate surface area is 123 Å². The van der Waals surface area contributed by atoms with Gasteiger partial charge in [-0.15, -0.1) is 0 Å². The summed E-state index contributed by atoms with van der Waals surface area (Å²) >= 11 is 0. The molecule has 2 aromatic heterocycles. The van der Waals surface area contributed by atoms with Crippen molar-refractivity contribution in [2.45, 2.75) is 6.18 Å². The zero-order valence-corrected chi connectivity index (χ0v) is 11.1. The van der Waals surface area contributed by atoms with E-state index in [2.05, 4.69) is 15.3 Å². The van der Waals surface area contributed by atoms with Crippen LogP contribution in [0.5, 0.6) is 0 Å². The molecule has 7 heteroatoms. The Morgan fingerprint density at radius 3 is 2.64 bits per heavy atom. The minimum Gasteiger partial charge on any atom is -0.361 e. The standard InChI is InChI=1S/C15H10F3N3O/c16-15(17,18)11-3-4-13(20-8-11)21-14(22)10-2-1-9-5-6-19-12(9)7-10/h1-8,19H,(H,20,21,22). The van der Waals surface area contributed by atoms with Crippen molar-refractivity contribution in [1.29, 1.82) is 0 Å².